The van der Waals surface area contributed by atoms with Gasteiger partial charge in [-0.3, -0.25) is 4.79 Å². The highest BCUT2D eigenvalue weighted by Gasteiger charge is 2.23. The van der Waals surface area contributed by atoms with Gasteiger partial charge in [0, 0.05) is 11.1 Å². The molecule has 0 spiro atoms. The summed E-state index contributed by atoms with van der Waals surface area (Å²) in [5.74, 6) is -0.0238. The van der Waals surface area contributed by atoms with E-state index in [-0.39, 0.29) is 17.1 Å². The monoisotopic (exact) mass is 354 g/mol. The second kappa shape index (κ2) is 6.92. The highest BCUT2D eigenvalue weighted by Crippen LogP contribution is 2.28. The number of aromatic amines is 1. The number of carbonyl (C=O) groups is 1. The number of benzene rings is 3. The maximum atomic E-state index is 13.2. The van der Waals surface area contributed by atoms with Crippen LogP contribution in [-0.2, 0) is 0 Å². The Kier molecular flexibility index (Phi) is 4.30. The van der Waals surface area contributed by atoms with Gasteiger partial charge in [-0.15, -0.1) is 0 Å². The van der Waals surface area contributed by atoms with Crippen molar-refractivity contribution in [1.29, 1.82) is 0 Å². The van der Waals surface area contributed by atoms with E-state index in [9.17, 15) is 9.90 Å². The van der Waals surface area contributed by atoms with Crippen molar-refractivity contribution in [2.24, 2.45) is 0 Å². The van der Waals surface area contributed by atoms with Crippen LogP contribution in [0.15, 0.2) is 78.9 Å². The molecule has 0 fully saturated rings. The second-order valence-electron chi connectivity index (χ2n) is 6.34. The number of ketones is 1. The van der Waals surface area contributed by atoms with Gasteiger partial charge in [-0.1, -0.05) is 72.8 Å². The first-order valence-electron chi connectivity index (χ1n) is 8.69. The number of hydrogen-bond donors (Lipinski definition) is 2. The number of nitrogens with one attached hydrogen (secondary N) is 1. The molecular formula is C23H18N2O2. The fraction of sp³-hybridized carbons (Fsp3) is 0.0435. The molecule has 2 N–H and O–H groups in total. The fourth-order valence-corrected chi connectivity index (χ4v) is 3.10. The molecule has 4 heteroatoms. The van der Waals surface area contributed by atoms with Crippen molar-refractivity contribution < 1.29 is 9.90 Å². The lowest BCUT2D eigenvalue weighted by molar-refractivity contribution is 0.105. The van der Waals surface area contributed by atoms with E-state index < -0.39 is 0 Å². The summed E-state index contributed by atoms with van der Waals surface area (Å²) in [6.45, 7) is 1.96. The summed E-state index contributed by atoms with van der Waals surface area (Å²) in [6.07, 6.45) is 0. The summed E-state index contributed by atoms with van der Waals surface area (Å²) in [5, 5.41) is 11.0. The largest absolute Gasteiger partial charge is 0.506 e. The number of fused-ring (bicyclic) bond motifs is 1. The van der Waals surface area contributed by atoms with Crippen LogP contribution in [0, 0.1) is 6.92 Å². The van der Waals surface area contributed by atoms with Gasteiger partial charge in [0.25, 0.3) is 0 Å². The average molecular weight is 354 g/mol. The number of hydrogen-bond acceptors (Lipinski definition) is 3. The van der Waals surface area contributed by atoms with Crippen molar-refractivity contribution in [2.45, 2.75) is 6.92 Å². The van der Waals surface area contributed by atoms with Crippen LogP contribution >= 0.6 is 0 Å². The number of H-pyrrole nitrogens is 1. The SMILES string of the molecule is Cc1cccc2[nH]c(/C(C(=O)c3ccccc3)=C(\O)c3ccccc3)nc12. The third kappa shape index (κ3) is 3.13. The zero-order valence-electron chi connectivity index (χ0n) is 14.8. The molecule has 4 rings (SSSR count). The summed E-state index contributed by atoms with van der Waals surface area (Å²) >= 11 is 0. The molecule has 0 saturated carbocycles. The zero-order chi connectivity index (χ0) is 18.8. The van der Waals surface area contributed by atoms with Crippen LogP contribution < -0.4 is 0 Å². The molecule has 1 aromatic heterocycles. The van der Waals surface area contributed by atoms with Gasteiger partial charge in [0.15, 0.2) is 0 Å². The molecular weight excluding hydrogens is 336 g/mol. The second-order valence-corrected chi connectivity index (χ2v) is 6.34. The maximum absolute atomic E-state index is 13.2. The molecule has 0 atom stereocenters. The number of Topliss-reactive ketones (excluding diaryl/α,β-unsaturated/α-hetero) is 1. The average Bonchev–Trinajstić information content (AvgIpc) is 3.14. The number of nitrogens with zero attached hydrogens (tertiary/aromatic N) is 1. The van der Waals surface area contributed by atoms with E-state index in [0.717, 1.165) is 16.6 Å². The molecule has 0 aliphatic carbocycles. The third-order valence-electron chi connectivity index (χ3n) is 4.50. The number of imidazole rings is 1. The summed E-state index contributed by atoms with van der Waals surface area (Å²) in [5.41, 5.74) is 3.82. The van der Waals surface area contributed by atoms with Crippen molar-refractivity contribution >= 4 is 28.1 Å². The minimum absolute atomic E-state index is 0.0961. The first-order valence-corrected chi connectivity index (χ1v) is 8.69. The van der Waals surface area contributed by atoms with Crippen LogP contribution in [0.5, 0.6) is 0 Å². The lowest BCUT2D eigenvalue weighted by atomic mass is 9.99. The molecule has 4 aromatic rings. The molecule has 1 heterocycles. The van der Waals surface area contributed by atoms with Crippen LogP contribution in [0.1, 0.15) is 27.3 Å². The van der Waals surface area contributed by atoms with Gasteiger partial charge in [-0.25, -0.2) is 4.98 Å². The van der Waals surface area contributed by atoms with Crippen molar-refractivity contribution in [3.05, 3.63) is 101 Å². The van der Waals surface area contributed by atoms with Gasteiger partial charge in [-0.2, -0.15) is 0 Å². The van der Waals surface area contributed by atoms with E-state index in [1.165, 1.54) is 0 Å². The summed E-state index contributed by atoms with van der Waals surface area (Å²) < 4.78 is 0. The van der Waals surface area contributed by atoms with Crippen molar-refractivity contribution in [3.63, 3.8) is 0 Å². The lowest BCUT2D eigenvalue weighted by Crippen LogP contribution is -2.07. The highest BCUT2D eigenvalue weighted by atomic mass is 16.3. The van der Waals surface area contributed by atoms with Gasteiger partial charge < -0.3 is 10.1 Å². The Morgan fingerprint density at radius 2 is 1.48 bits per heavy atom. The number of aryl methyl sites for hydroxylation is 1. The first-order chi connectivity index (χ1) is 13.1. The minimum Gasteiger partial charge on any atom is -0.506 e. The molecule has 0 unspecified atom stereocenters. The number of aromatic nitrogens is 2. The smallest absolute Gasteiger partial charge is 0.200 e. The van der Waals surface area contributed by atoms with E-state index in [1.54, 1.807) is 36.4 Å². The van der Waals surface area contributed by atoms with E-state index in [1.807, 2.05) is 49.4 Å². The number of aliphatic hydroxyl groups is 1. The predicted molar refractivity (Wildman–Crippen MR) is 107 cm³/mol. The summed E-state index contributed by atoms with van der Waals surface area (Å²) in [7, 11) is 0. The lowest BCUT2D eigenvalue weighted by Gasteiger charge is -2.09. The predicted octanol–water partition coefficient (Wildman–Crippen LogP) is 5.18. The molecule has 0 radical (unpaired) electrons. The van der Waals surface area contributed by atoms with Crippen molar-refractivity contribution in [3.8, 4) is 0 Å². The topological polar surface area (TPSA) is 66.0 Å². The van der Waals surface area contributed by atoms with Crippen LogP contribution in [0.3, 0.4) is 0 Å². The Hall–Kier alpha value is -3.66. The van der Waals surface area contributed by atoms with Gasteiger partial charge in [0.2, 0.25) is 5.78 Å². The van der Waals surface area contributed by atoms with E-state index >= 15 is 0 Å². The Morgan fingerprint density at radius 1 is 0.852 bits per heavy atom. The summed E-state index contributed by atoms with van der Waals surface area (Å²) in [4.78, 5) is 21.0. The van der Waals surface area contributed by atoms with Crippen LogP contribution in [0.2, 0.25) is 0 Å². The first kappa shape index (κ1) is 16.8. The van der Waals surface area contributed by atoms with Crippen LogP contribution in [-0.4, -0.2) is 20.9 Å². The minimum atomic E-state index is -0.284. The van der Waals surface area contributed by atoms with E-state index in [4.69, 9.17) is 0 Å². The van der Waals surface area contributed by atoms with Gasteiger partial charge in [0.05, 0.1) is 11.0 Å². The number of carbonyl (C=O) groups excluding carboxylic acids is 1. The highest BCUT2D eigenvalue weighted by molar-refractivity contribution is 6.33. The normalized spacial score (nSPS) is 12.0. The Bertz CT molecular complexity index is 1140. The van der Waals surface area contributed by atoms with Gasteiger partial charge >= 0.3 is 0 Å². The van der Waals surface area contributed by atoms with Crippen molar-refractivity contribution in [2.75, 3.05) is 0 Å². The summed E-state index contributed by atoms with van der Waals surface area (Å²) in [6, 6.07) is 23.7. The molecule has 27 heavy (non-hydrogen) atoms. The third-order valence-corrected chi connectivity index (χ3v) is 4.50. The molecule has 0 amide bonds. The van der Waals surface area contributed by atoms with Gasteiger partial charge in [-0.05, 0) is 18.6 Å². The van der Waals surface area contributed by atoms with Gasteiger partial charge in [0.1, 0.15) is 17.2 Å². The molecule has 3 aromatic carbocycles. The molecule has 4 nitrogen and oxygen atoms in total. The molecule has 0 aliphatic heterocycles. The standard InChI is InChI=1S/C23H18N2O2/c1-15-9-8-14-18-20(15)25-23(24-18)19(21(26)16-10-4-2-5-11-16)22(27)17-12-6-3-7-13-17/h2-14,26H,1H3,(H,24,25)/b21-19-. The van der Waals surface area contributed by atoms with Crippen LogP contribution in [0.4, 0.5) is 0 Å². The Balaban J connectivity index is 1.95. The fourth-order valence-electron chi connectivity index (χ4n) is 3.10. The number of aliphatic hydroxyl groups excluding tert-OH is 1. The molecule has 0 bridgehead atoms. The molecule has 0 aliphatic rings. The van der Waals surface area contributed by atoms with E-state index in [2.05, 4.69) is 9.97 Å². The number of allylic oxidation sites excluding steroid dienone is 1. The Labute approximate surface area is 156 Å². The quantitative estimate of drug-likeness (QED) is 0.301. The zero-order valence-corrected chi connectivity index (χ0v) is 14.8. The van der Waals surface area contributed by atoms with Crippen molar-refractivity contribution in [1.82, 2.24) is 9.97 Å². The molecule has 0 saturated heterocycles. The van der Waals surface area contributed by atoms with E-state index in [0.29, 0.717) is 17.0 Å². The molecule has 132 valence electrons. The number of para-hydroxylation sites is 1. The maximum Gasteiger partial charge on any atom is 0.200 e. The van der Waals surface area contributed by atoms with Crippen LogP contribution in [0.25, 0.3) is 22.4 Å². The Morgan fingerprint density at radius 3 is 2.11 bits per heavy atom. The number of rotatable bonds is 4.